The van der Waals surface area contributed by atoms with Crippen LogP contribution >= 0.6 is 11.3 Å². The van der Waals surface area contributed by atoms with Crippen molar-refractivity contribution in [3.8, 4) is 22.7 Å². The van der Waals surface area contributed by atoms with Gasteiger partial charge in [0, 0.05) is 17.0 Å². The Morgan fingerprint density at radius 2 is 1.69 bits per heavy atom. The number of thiazole rings is 1. The maximum absolute atomic E-state index is 14.2. The molecule has 3 aromatic rings. The van der Waals surface area contributed by atoms with Crippen LogP contribution in [0.3, 0.4) is 0 Å². The van der Waals surface area contributed by atoms with Crippen molar-refractivity contribution in [1.29, 1.82) is 0 Å². The lowest BCUT2D eigenvalue weighted by Crippen LogP contribution is -2.18. The van der Waals surface area contributed by atoms with Crippen LogP contribution in [0.4, 0.5) is 22.0 Å². The van der Waals surface area contributed by atoms with Crippen molar-refractivity contribution in [3.63, 3.8) is 0 Å². The summed E-state index contributed by atoms with van der Waals surface area (Å²) in [5.74, 6) is -3.58. The van der Waals surface area contributed by atoms with Crippen molar-refractivity contribution >= 4 is 21.4 Å². The third-order valence-electron chi connectivity index (χ3n) is 3.58. The highest BCUT2D eigenvalue weighted by Crippen LogP contribution is 2.30. The van der Waals surface area contributed by atoms with Crippen molar-refractivity contribution in [1.82, 2.24) is 4.57 Å². The minimum Gasteiger partial charge on any atom is -0.406 e. The van der Waals surface area contributed by atoms with Gasteiger partial charge in [-0.1, -0.05) is 17.4 Å². The predicted molar refractivity (Wildman–Crippen MR) is 93.3 cm³/mol. The minimum absolute atomic E-state index is 0.0654. The Hall–Kier alpha value is -2.77. The van der Waals surface area contributed by atoms with Gasteiger partial charge in [-0.2, -0.15) is 0 Å². The molecule has 0 aliphatic carbocycles. The molecule has 1 aromatic heterocycles. The quantitative estimate of drug-likeness (QED) is 0.615. The van der Waals surface area contributed by atoms with Gasteiger partial charge in [-0.3, -0.25) is 9.36 Å². The molecule has 0 fully saturated rings. The van der Waals surface area contributed by atoms with E-state index < -0.39 is 43.5 Å². The van der Waals surface area contributed by atoms with Crippen LogP contribution in [0, 0.1) is 11.6 Å². The van der Waals surface area contributed by atoms with Gasteiger partial charge in [-0.15, -0.1) is 13.2 Å². The number of nitrogens with two attached hydrogens (primary N) is 1. The molecule has 1 heterocycles. The van der Waals surface area contributed by atoms with Gasteiger partial charge >= 0.3 is 11.2 Å². The SMILES string of the molecule is NS(=O)(=O)c1c(F)cc(-c2csc(=O)n2-c2cccc(OC(F)(F)F)c2)cc1F. The summed E-state index contributed by atoms with van der Waals surface area (Å²) >= 11 is 0.618. The zero-order valence-corrected chi connectivity index (χ0v) is 15.5. The summed E-state index contributed by atoms with van der Waals surface area (Å²) in [6.07, 6.45) is -4.96. The third-order valence-corrected chi connectivity index (χ3v) is 5.27. The van der Waals surface area contributed by atoms with E-state index in [1.807, 2.05) is 0 Å². The molecule has 154 valence electrons. The molecule has 2 aromatic carbocycles. The van der Waals surface area contributed by atoms with Crippen LogP contribution < -0.4 is 14.7 Å². The average molecular weight is 452 g/mol. The van der Waals surface area contributed by atoms with Gasteiger partial charge < -0.3 is 4.74 Å². The lowest BCUT2D eigenvalue weighted by molar-refractivity contribution is -0.274. The van der Waals surface area contributed by atoms with Crippen LogP contribution in [-0.4, -0.2) is 19.3 Å². The summed E-state index contributed by atoms with van der Waals surface area (Å²) < 4.78 is 92.9. The Labute approximate surface area is 163 Å². The number of primary sulfonamides is 1. The highest BCUT2D eigenvalue weighted by molar-refractivity contribution is 7.89. The van der Waals surface area contributed by atoms with Crippen molar-refractivity contribution in [3.05, 3.63) is 63.1 Å². The molecule has 3 rings (SSSR count). The molecular formula is C16H9F5N2O4S2. The standard InChI is InChI=1S/C16H9F5N2O4S2/c17-11-4-8(5-12(18)14(11)29(22,25)26)13-7-28-15(24)23(13)9-2-1-3-10(6-9)27-16(19,20)21/h1-7H,(H2,22,25,26). The van der Waals surface area contributed by atoms with Crippen LogP contribution in [0.1, 0.15) is 0 Å². The molecule has 0 unspecified atom stereocenters. The van der Waals surface area contributed by atoms with Crippen LogP contribution in [0.2, 0.25) is 0 Å². The topological polar surface area (TPSA) is 91.4 Å². The van der Waals surface area contributed by atoms with E-state index in [1.165, 1.54) is 17.5 Å². The number of aromatic nitrogens is 1. The zero-order valence-electron chi connectivity index (χ0n) is 13.9. The largest absolute Gasteiger partial charge is 0.573 e. The van der Waals surface area contributed by atoms with Gasteiger partial charge in [-0.25, -0.2) is 22.3 Å². The number of hydrogen-bond donors (Lipinski definition) is 1. The number of nitrogens with zero attached hydrogens (tertiary/aromatic N) is 1. The van der Waals surface area contributed by atoms with Crippen molar-refractivity contribution in [2.75, 3.05) is 0 Å². The number of halogens is 5. The molecule has 0 spiro atoms. The van der Waals surface area contributed by atoms with Crippen LogP contribution in [0.15, 0.2) is 51.5 Å². The van der Waals surface area contributed by atoms with Gasteiger partial charge in [0.05, 0.1) is 11.4 Å². The first kappa shape index (κ1) is 21.0. The predicted octanol–water partition coefficient (Wildman–Crippen LogP) is 3.39. The summed E-state index contributed by atoms with van der Waals surface area (Å²) in [7, 11) is -4.68. The smallest absolute Gasteiger partial charge is 0.406 e. The third kappa shape index (κ3) is 4.46. The molecule has 0 atom stereocenters. The van der Waals surface area contributed by atoms with E-state index in [0.29, 0.717) is 23.5 Å². The number of benzene rings is 2. The monoisotopic (exact) mass is 452 g/mol. The average Bonchev–Trinajstić information content (AvgIpc) is 2.93. The second-order valence-corrected chi connectivity index (χ2v) is 7.90. The lowest BCUT2D eigenvalue weighted by atomic mass is 10.1. The molecule has 0 amide bonds. The number of sulfonamides is 1. The van der Waals surface area contributed by atoms with Gasteiger partial charge in [0.15, 0.2) is 4.90 Å². The highest BCUT2D eigenvalue weighted by atomic mass is 32.2. The second-order valence-electron chi connectivity index (χ2n) is 5.58. The van der Waals surface area contributed by atoms with E-state index >= 15 is 0 Å². The van der Waals surface area contributed by atoms with E-state index in [0.717, 1.165) is 16.7 Å². The van der Waals surface area contributed by atoms with Gasteiger partial charge in [0.1, 0.15) is 17.4 Å². The van der Waals surface area contributed by atoms with Gasteiger partial charge in [0.25, 0.3) is 0 Å². The number of rotatable bonds is 4. The minimum atomic E-state index is -4.96. The molecule has 29 heavy (non-hydrogen) atoms. The first-order chi connectivity index (χ1) is 13.4. The fourth-order valence-electron chi connectivity index (χ4n) is 2.55. The molecule has 6 nitrogen and oxygen atoms in total. The molecule has 13 heteroatoms. The van der Waals surface area contributed by atoms with Crippen LogP contribution in [0.25, 0.3) is 16.9 Å². The summed E-state index contributed by atoms with van der Waals surface area (Å²) in [5, 5.41) is 5.99. The number of alkyl halides is 3. The van der Waals surface area contributed by atoms with Gasteiger partial charge in [-0.05, 0) is 24.3 Å². The molecule has 2 N–H and O–H groups in total. The molecule has 0 bridgehead atoms. The van der Waals surface area contributed by atoms with E-state index in [1.54, 1.807) is 0 Å². The normalized spacial score (nSPS) is 12.2. The Morgan fingerprint density at radius 3 is 2.24 bits per heavy atom. The fourth-order valence-corrected chi connectivity index (χ4v) is 3.98. The highest BCUT2D eigenvalue weighted by Gasteiger charge is 2.31. The van der Waals surface area contributed by atoms with E-state index in [-0.39, 0.29) is 16.9 Å². The summed E-state index contributed by atoms with van der Waals surface area (Å²) in [4.78, 5) is 10.2. The first-order valence-corrected chi connectivity index (χ1v) is 9.88. The molecule has 0 aliphatic heterocycles. The molecule has 0 radical (unpaired) electrons. The molecule has 0 saturated heterocycles. The van der Waals surface area contributed by atoms with Crippen LogP contribution in [0.5, 0.6) is 5.75 Å². The van der Waals surface area contributed by atoms with Crippen molar-refractivity contribution < 1.29 is 35.1 Å². The second kappa shape index (κ2) is 7.24. The summed E-state index contributed by atoms with van der Waals surface area (Å²) in [6.45, 7) is 0. The first-order valence-electron chi connectivity index (χ1n) is 7.46. The summed E-state index contributed by atoms with van der Waals surface area (Å²) in [5.41, 5.74) is -0.375. The fraction of sp³-hybridized carbons (Fsp3) is 0.0625. The molecule has 0 aliphatic rings. The summed E-state index contributed by atoms with van der Waals surface area (Å²) in [6, 6.07) is 5.69. The lowest BCUT2D eigenvalue weighted by Gasteiger charge is -2.12. The van der Waals surface area contributed by atoms with Crippen molar-refractivity contribution in [2.24, 2.45) is 5.14 Å². The Morgan fingerprint density at radius 1 is 1.07 bits per heavy atom. The molecular weight excluding hydrogens is 443 g/mol. The van der Waals surface area contributed by atoms with Crippen molar-refractivity contribution in [2.45, 2.75) is 11.3 Å². The Bertz CT molecular complexity index is 1230. The van der Waals surface area contributed by atoms with Crippen LogP contribution in [-0.2, 0) is 10.0 Å². The van der Waals surface area contributed by atoms with E-state index in [4.69, 9.17) is 5.14 Å². The van der Waals surface area contributed by atoms with Gasteiger partial charge in [0.2, 0.25) is 10.0 Å². The maximum atomic E-state index is 14.2. The number of ether oxygens (including phenoxy) is 1. The zero-order chi connectivity index (χ0) is 21.6. The number of hydrogen-bond acceptors (Lipinski definition) is 5. The van der Waals surface area contributed by atoms with E-state index in [2.05, 4.69) is 4.74 Å². The maximum Gasteiger partial charge on any atom is 0.573 e. The van der Waals surface area contributed by atoms with E-state index in [9.17, 15) is 35.2 Å². The molecule has 0 saturated carbocycles. The Balaban J connectivity index is 2.16. The Kier molecular flexibility index (Phi) is 5.23.